The van der Waals surface area contributed by atoms with Crippen LogP contribution in [0.2, 0.25) is 0 Å². The van der Waals surface area contributed by atoms with Crippen molar-refractivity contribution in [2.24, 2.45) is 0 Å². The van der Waals surface area contributed by atoms with Crippen molar-refractivity contribution in [2.75, 3.05) is 5.32 Å². The van der Waals surface area contributed by atoms with Crippen molar-refractivity contribution in [2.45, 2.75) is 47.0 Å². The third-order valence-corrected chi connectivity index (χ3v) is 5.05. The van der Waals surface area contributed by atoms with Crippen molar-refractivity contribution in [3.63, 3.8) is 0 Å². The normalized spacial score (nSPS) is 15.6. The number of nitrogens with one attached hydrogen (secondary N) is 1. The molecule has 1 N–H and O–H groups in total. The molecular weight excluding hydrogens is 338 g/mol. The van der Waals surface area contributed by atoms with Gasteiger partial charge >= 0.3 is 0 Å². The maximum Gasteiger partial charge on any atom is 0.0385 e. The van der Waals surface area contributed by atoms with Gasteiger partial charge in [-0.25, -0.2) is 0 Å². The molecule has 2 rings (SSSR count). The molecule has 148 valence electrons. The van der Waals surface area contributed by atoms with Gasteiger partial charge in [0.05, 0.1) is 0 Å². The van der Waals surface area contributed by atoms with Crippen molar-refractivity contribution in [3.05, 3.63) is 108 Å². The second-order valence-corrected chi connectivity index (χ2v) is 7.12. The van der Waals surface area contributed by atoms with Crippen molar-refractivity contribution >= 4 is 11.3 Å². The summed E-state index contributed by atoms with van der Waals surface area (Å²) in [7, 11) is 0. The standard InChI is InChI=1S/C25H29N.C2H6/c1-9-17(5)19(10-2)15-18(6)26-20-13-14-22-21(11-3)23(12-4)25(7,8)24(22)16-20;1-2/h9-16,26H,1-4H2,5-8H3;1-2H3/b18-15+,19-17+;. The molecule has 0 heterocycles. The monoisotopic (exact) mass is 373 g/mol. The van der Waals surface area contributed by atoms with Crippen LogP contribution in [0.3, 0.4) is 0 Å². The Kier molecular flexibility index (Phi) is 8.25. The molecule has 0 aromatic heterocycles. The van der Waals surface area contributed by atoms with Gasteiger partial charge < -0.3 is 5.32 Å². The van der Waals surface area contributed by atoms with E-state index in [1.807, 2.05) is 45.1 Å². The first-order valence-electron chi connectivity index (χ1n) is 9.85. The van der Waals surface area contributed by atoms with Crippen LogP contribution in [0.25, 0.3) is 5.57 Å². The second-order valence-electron chi connectivity index (χ2n) is 7.12. The van der Waals surface area contributed by atoms with E-state index in [-0.39, 0.29) is 5.41 Å². The Labute approximate surface area is 172 Å². The molecule has 28 heavy (non-hydrogen) atoms. The summed E-state index contributed by atoms with van der Waals surface area (Å²) in [6.45, 7) is 28.3. The van der Waals surface area contributed by atoms with E-state index in [4.69, 9.17) is 0 Å². The van der Waals surface area contributed by atoms with Crippen LogP contribution >= 0.6 is 0 Å². The smallest absolute Gasteiger partial charge is 0.0385 e. The van der Waals surface area contributed by atoms with Gasteiger partial charge in [0.15, 0.2) is 0 Å². The Hall–Kier alpha value is -2.80. The summed E-state index contributed by atoms with van der Waals surface area (Å²) in [5.41, 5.74) is 9.15. The number of rotatable bonds is 7. The van der Waals surface area contributed by atoms with Crippen molar-refractivity contribution < 1.29 is 0 Å². The number of anilines is 1. The molecule has 0 fully saturated rings. The van der Waals surface area contributed by atoms with E-state index < -0.39 is 0 Å². The zero-order chi connectivity index (χ0) is 21.5. The minimum atomic E-state index is -0.0818. The first-order chi connectivity index (χ1) is 13.3. The van der Waals surface area contributed by atoms with E-state index in [2.05, 4.69) is 76.7 Å². The van der Waals surface area contributed by atoms with Gasteiger partial charge in [-0.05, 0) is 65.5 Å². The van der Waals surface area contributed by atoms with Crippen LogP contribution in [0.4, 0.5) is 5.69 Å². The summed E-state index contributed by atoms with van der Waals surface area (Å²) in [4.78, 5) is 0. The predicted molar refractivity (Wildman–Crippen MR) is 129 cm³/mol. The lowest BCUT2D eigenvalue weighted by Crippen LogP contribution is -2.16. The van der Waals surface area contributed by atoms with E-state index in [9.17, 15) is 0 Å². The second kappa shape index (κ2) is 9.94. The third kappa shape index (κ3) is 4.54. The van der Waals surface area contributed by atoms with E-state index in [1.165, 1.54) is 22.3 Å². The summed E-state index contributed by atoms with van der Waals surface area (Å²) in [6, 6.07) is 6.50. The largest absolute Gasteiger partial charge is 0.359 e. The van der Waals surface area contributed by atoms with Crippen molar-refractivity contribution in [3.8, 4) is 0 Å². The lowest BCUT2D eigenvalue weighted by Gasteiger charge is -2.23. The molecule has 0 radical (unpaired) electrons. The molecule has 1 aromatic carbocycles. The fraction of sp³-hybridized carbons (Fsp3) is 0.259. The highest BCUT2D eigenvalue weighted by Crippen LogP contribution is 2.47. The van der Waals surface area contributed by atoms with E-state index >= 15 is 0 Å². The average Bonchev–Trinajstić information content (AvgIpc) is 2.92. The van der Waals surface area contributed by atoms with Crippen molar-refractivity contribution in [1.29, 1.82) is 0 Å². The highest BCUT2D eigenvalue weighted by atomic mass is 14.9. The number of hydrogen-bond donors (Lipinski definition) is 1. The summed E-state index contributed by atoms with van der Waals surface area (Å²) in [5.74, 6) is 0. The van der Waals surface area contributed by atoms with Gasteiger partial charge in [0.25, 0.3) is 0 Å². The van der Waals surface area contributed by atoms with Crippen LogP contribution in [-0.4, -0.2) is 0 Å². The molecule has 1 heteroatoms. The molecule has 0 saturated heterocycles. The molecule has 1 aromatic rings. The lowest BCUT2D eigenvalue weighted by molar-refractivity contribution is 0.655. The first kappa shape index (κ1) is 23.2. The number of allylic oxidation sites excluding steroid dienone is 10. The summed E-state index contributed by atoms with van der Waals surface area (Å²) >= 11 is 0. The van der Waals surface area contributed by atoms with Crippen LogP contribution in [0, 0.1) is 0 Å². The zero-order valence-corrected chi connectivity index (χ0v) is 18.4. The quantitative estimate of drug-likeness (QED) is 0.476. The van der Waals surface area contributed by atoms with Crippen molar-refractivity contribution in [1.82, 2.24) is 0 Å². The Bertz CT molecular complexity index is 870. The topological polar surface area (TPSA) is 12.0 Å². The van der Waals surface area contributed by atoms with Crippen LogP contribution in [-0.2, 0) is 5.41 Å². The van der Waals surface area contributed by atoms with E-state index in [1.54, 1.807) is 0 Å². The molecular formula is C27H35N. The molecule has 0 aliphatic heterocycles. The molecule has 0 atom stereocenters. The zero-order valence-electron chi connectivity index (χ0n) is 18.4. The Morgan fingerprint density at radius 2 is 1.61 bits per heavy atom. The van der Waals surface area contributed by atoms with Gasteiger partial charge in [0.2, 0.25) is 0 Å². The Morgan fingerprint density at radius 3 is 2.11 bits per heavy atom. The highest BCUT2D eigenvalue weighted by Gasteiger charge is 2.35. The molecule has 0 bridgehead atoms. The summed E-state index contributed by atoms with van der Waals surface area (Å²) in [5, 5.41) is 3.49. The minimum Gasteiger partial charge on any atom is -0.359 e. The molecule has 1 nitrogen and oxygen atoms in total. The highest BCUT2D eigenvalue weighted by molar-refractivity contribution is 5.88. The van der Waals surface area contributed by atoms with Gasteiger partial charge in [-0.1, -0.05) is 84.4 Å². The lowest BCUT2D eigenvalue weighted by atomic mass is 9.81. The molecule has 0 unspecified atom stereocenters. The summed E-state index contributed by atoms with van der Waals surface area (Å²) < 4.78 is 0. The van der Waals surface area contributed by atoms with Gasteiger partial charge in [0.1, 0.15) is 0 Å². The predicted octanol–water partition coefficient (Wildman–Crippen LogP) is 8.13. The molecule has 0 amide bonds. The third-order valence-electron chi connectivity index (χ3n) is 5.05. The SMILES string of the molecule is C=CC1=C(C=C)C(C)(C)c2cc(N/C(C)=C/C(C=C)=C(\C)C=C)ccc21.CC. The van der Waals surface area contributed by atoms with E-state index in [0.717, 1.165) is 22.5 Å². The van der Waals surface area contributed by atoms with Gasteiger partial charge in [-0.3, -0.25) is 0 Å². The number of benzene rings is 1. The fourth-order valence-corrected chi connectivity index (χ4v) is 3.53. The molecule has 1 aliphatic carbocycles. The fourth-order valence-electron chi connectivity index (χ4n) is 3.53. The number of fused-ring (bicyclic) bond motifs is 1. The number of hydrogen-bond acceptors (Lipinski definition) is 1. The average molecular weight is 374 g/mol. The molecule has 0 spiro atoms. The maximum absolute atomic E-state index is 4.00. The van der Waals surface area contributed by atoms with Gasteiger partial charge in [-0.15, -0.1) is 0 Å². The molecule has 1 aliphatic rings. The van der Waals surface area contributed by atoms with Crippen LogP contribution in [0.5, 0.6) is 0 Å². The Morgan fingerprint density at radius 1 is 0.964 bits per heavy atom. The van der Waals surface area contributed by atoms with Crippen LogP contribution in [0.15, 0.2) is 97.3 Å². The Balaban J connectivity index is 0.00000190. The minimum absolute atomic E-state index is 0.0818. The maximum atomic E-state index is 4.00. The van der Waals surface area contributed by atoms with E-state index in [0.29, 0.717) is 0 Å². The summed E-state index contributed by atoms with van der Waals surface area (Å²) in [6.07, 6.45) is 9.67. The van der Waals surface area contributed by atoms with Gasteiger partial charge in [-0.2, -0.15) is 0 Å². The molecule has 0 saturated carbocycles. The van der Waals surface area contributed by atoms with Crippen LogP contribution in [0.1, 0.15) is 52.7 Å². The first-order valence-corrected chi connectivity index (χ1v) is 9.85. The van der Waals surface area contributed by atoms with Crippen LogP contribution < -0.4 is 5.32 Å². The van der Waals surface area contributed by atoms with Gasteiger partial charge in [0, 0.05) is 16.8 Å².